The van der Waals surface area contributed by atoms with E-state index in [2.05, 4.69) is 22.1 Å². The van der Waals surface area contributed by atoms with E-state index in [1.54, 1.807) is 28.7 Å². The molecule has 0 aliphatic carbocycles. The van der Waals surface area contributed by atoms with Crippen molar-refractivity contribution in [2.24, 2.45) is 0 Å². The Hall–Kier alpha value is -1.29. The summed E-state index contributed by atoms with van der Waals surface area (Å²) in [7, 11) is -1.43. The first-order chi connectivity index (χ1) is 11.5. The first-order valence-corrected chi connectivity index (χ1v) is 10.3. The van der Waals surface area contributed by atoms with Crippen LogP contribution >= 0.6 is 11.3 Å². The molecule has 0 bridgehead atoms. The minimum absolute atomic E-state index is 0.0151. The second kappa shape index (κ2) is 7.30. The van der Waals surface area contributed by atoms with Gasteiger partial charge < -0.3 is 9.42 Å². The molecular formula is C15H22N4O3S2. The van der Waals surface area contributed by atoms with Gasteiger partial charge in [0.05, 0.1) is 0 Å². The molecule has 0 radical (unpaired) electrons. The number of aromatic nitrogens is 2. The molecule has 9 heteroatoms. The predicted molar refractivity (Wildman–Crippen MR) is 91.5 cm³/mol. The minimum Gasteiger partial charge on any atom is -0.340 e. The lowest BCUT2D eigenvalue weighted by molar-refractivity contribution is 0.183. The van der Waals surface area contributed by atoms with Gasteiger partial charge in [-0.05, 0) is 44.4 Å². The zero-order chi connectivity index (χ0) is 17.2. The summed E-state index contributed by atoms with van der Waals surface area (Å²) in [6.45, 7) is 3.91. The third-order valence-corrected chi connectivity index (χ3v) is 7.60. The van der Waals surface area contributed by atoms with E-state index in [-0.39, 0.29) is 6.04 Å². The monoisotopic (exact) mass is 370 g/mol. The molecule has 2 aromatic rings. The lowest BCUT2D eigenvalue weighted by atomic mass is 10.1. The van der Waals surface area contributed by atoms with Crippen LogP contribution < -0.4 is 0 Å². The zero-order valence-corrected chi connectivity index (χ0v) is 15.5. The third kappa shape index (κ3) is 3.85. The quantitative estimate of drug-likeness (QED) is 0.771. The van der Waals surface area contributed by atoms with Gasteiger partial charge >= 0.3 is 0 Å². The van der Waals surface area contributed by atoms with Crippen molar-refractivity contribution in [3.05, 3.63) is 29.2 Å². The Morgan fingerprint density at radius 1 is 1.42 bits per heavy atom. The van der Waals surface area contributed by atoms with Crippen molar-refractivity contribution in [1.29, 1.82) is 0 Å². The lowest BCUT2D eigenvalue weighted by Crippen LogP contribution is -2.47. The maximum atomic E-state index is 13.1. The van der Waals surface area contributed by atoms with Crippen molar-refractivity contribution in [2.45, 2.75) is 36.4 Å². The van der Waals surface area contributed by atoms with E-state index in [1.165, 1.54) is 11.3 Å². The predicted octanol–water partition coefficient (Wildman–Crippen LogP) is 1.77. The first-order valence-electron chi connectivity index (χ1n) is 8.00. The number of hydrogen-bond donors (Lipinski definition) is 0. The molecule has 0 amide bonds. The molecule has 0 atom stereocenters. The van der Waals surface area contributed by atoms with Gasteiger partial charge in [0.1, 0.15) is 4.21 Å². The molecule has 1 aliphatic rings. The fourth-order valence-electron chi connectivity index (χ4n) is 2.96. The molecule has 132 valence electrons. The van der Waals surface area contributed by atoms with Crippen molar-refractivity contribution in [2.75, 3.05) is 26.7 Å². The summed E-state index contributed by atoms with van der Waals surface area (Å²) in [5, 5.41) is 5.67. The normalized spacial score (nSPS) is 17.6. The Labute approximate surface area is 146 Å². The maximum absolute atomic E-state index is 13.1. The number of likely N-dealkylation sites (tertiary alicyclic amines) is 1. The standard InChI is InChI=1S/C15H22N4O3S2/c1-12-16-14(17-22-12)7-10-19(13-5-8-18(2)9-6-13)24(20,21)15-4-3-11-23-15/h3-4,11,13H,5-10H2,1-2H3. The average Bonchev–Trinajstić information content (AvgIpc) is 3.21. The third-order valence-electron chi connectivity index (χ3n) is 4.28. The molecule has 7 nitrogen and oxygen atoms in total. The van der Waals surface area contributed by atoms with E-state index < -0.39 is 10.0 Å². The number of aryl methyl sites for hydroxylation is 1. The van der Waals surface area contributed by atoms with E-state index in [1.807, 2.05) is 0 Å². The van der Waals surface area contributed by atoms with Crippen LogP contribution in [0.2, 0.25) is 0 Å². The van der Waals surface area contributed by atoms with Crippen LogP contribution in [0.1, 0.15) is 24.6 Å². The number of sulfonamides is 1. The summed E-state index contributed by atoms with van der Waals surface area (Å²) in [4.78, 5) is 6.41. The number of hydrogen-bond acceptors (Lipinski definition) is 7. The van der Waals surface area contributed by atoms with Crippen LogP contribution in [-0.2, 0) is 16.4 Å². The summed E-state index contributed by atoms with van der Waals surface area (Å²) < 4.78 is 33.1. The van der Waals surface area contributed by atoms with Crippen molar-refractivity contribution >= 4 is 21.4 Å². The van der Waals surface area contributed by atoms with E-state index in [9.17, 15) is 8.42 Å². The van der Waals surface area contributed by atoms with E-state index in [4.69, 9.17) is 4.52 Å². The van der Waals surface area contributed by atoms with Crippen molar-refractivity contribution in [3.63, 3.8) is 0 Å². The molecule has 2 aromatic heterocycles. The number of piperidine rings is 1. The van der Waals surface area contributed by atoms with Crippen molar-refractivity contribution < 1.29 is 12.9 Å². The topological polar surface area (TPSA) is 79.5 Å². The van der Waals surface area contributed by atoms with E-state index >= 15 is 0 Å². The van der Waals surface area contributed by atoms with Crippen molar-refractivity contribution in [1.82, 2.24) is 19.3 Å². The summed E-state index contributed by atoms with van der Waals surface area (Å²) in [5.41, 5.74) is 0. The molecule has 1 saturated heterocycles. The van der Waals surface area contributed by atoms with E-state index in [0.29, 0.717) is 28.9 Å². The Morgan fingerprint density at radius 2 is 2.17 bits per heavy atom. The largest absolute Gasteiger partial charge is 0.340 e. The highest BCUT2D eigenvalue weighted by molar-refractivity contribution is 7.91. The van der Waals surface area contributed by atoms with Gasteiger partial charge in [-0.15, -0.1) is 11.3 Å². The summed E-state index contributed by atoms with van der Waals surface area (Å²) in [5.74, 6) is 1.05. The molecule has 0 unspecified atom stereocenters. The highest BCUT2D eigenvalue weighted by Gasteiger charge is 2.33. The van der Waals surface area contributed by atoms with Gasteiger partial charge in [-0.3, -0.25) is 0 Å². The Bertz CT molecular complexity index is 750. The molecule has 0 spiro atoms. The van der Waals surface area contributed by atoms with Crippen LogP contribution in [0, 0.1) is 6.92 Å². The highest BCUT2D eigenvalue weighted by atomic mass is 32.2. The summed E-state index contributed by atoms with van der Waals surface area (Å²) >= 11 is 1.26. The Morgan fingerprint density at radius 3 is 2.75 bits per heavy atom. The van der Waals surface area contributed by atoms with Gasteiger partial charge in [-0.1, -0.05) is 11.2 Å². The molecule has 0 N–H and O–H groups in total. The zero-order valence-electron chi connectivity index (χ0n) is 13.9. The molecule has 1 fully saturated rings. The van der Waals surface area contributed by atoms with Crippen LogP contribution in [0.4, 0.5) is 0 Å². The molecule has 3 rings (SSSR count). The van der Waals surface area contributed by atoms with Crippen LogP contribution in [0.5, 0.6) is 0 Å². The minimum atomic E-state index is -3.49. The molecule has 3 heterocycles. The second-order valence-electron chi connectivity index (χ2n) is 6.06. The second-order valence-corrected chi connectivity index (χ2v) is 9.13. The fourth-order valence-corrected chi connectivity index (χ4v) is 5.77. The molecule has 1 aliphatic heterocycles. The van der Waals surface area contributed by atoms with Gasteiger partial charge in [0, 0.05) is 25.9 Å². The average molecular weight is 371 g/mol. The van der Waals surface area contributed by atoms with Gasteiger partial charge in [0.25, 0.3) is 10.0 Å². The smallest absolute Gasteiger partial charge is 0.252 e. The van der Waals surface area contributed by atoms with Crippen LogP contribution in [0.25, 0.3) is 0 Å². The lowest BCUT2D eigenvalue weighted by Gasteiger charge is -2.36. The van der Waals surface area contributed by atoms with Gasteiger partial charge in [0.15, 0.2) is 5.82 Å². The van der Waals surface area contributed by atoms with Crippen LogP contribution in [0.3, 0.4) is 0 Å². The number of rotatable bonds is 6. The molecule has 24 heavy (non-hydrogen) atoms. The molecular weight excluding hydrogens is 348 g/mol. The summed E-state index contributed by atoms with van der Waals surface area (Å²) in [6, 6.07) is 3.45. The van der Waals surface area contributed by atoms with Gasteiger partial charge in [0.2, 0.25) is 5.89 Å². The SMILES string of the molecule is Cc1nc(CCN(C2CCN(C)CC2)S(=O)(=O)c2cccs2)no1. The first kappa shape index (κ1) is 17.5. The highest BCUT2D eigenvalue weighted by Crippen LogP contribution is 2.27. The Balaban J connectivity index is 1.80. The number of nitrogens with zero attached hydrogens (tertiary/aromatic N) is 4. The van der Waals surface area contributed by atoms with Crippen LogP contribution in [-0.4, -0.2) is 60.5 Å². The summed E-state index contributed by atoms with van der Waals surface area (Å²) in [6.07, 6.45) is 2.13. The van der Waals surface area contributed by atoms with Gasteiger partial charge in [-0.2, -0.15) is 9.29 Å². The van der Waals surface area contributed by atoms with Crippen LogP contribution in [0.15, 0.2) is 26.2 Å². The number of thiophene rings is 1. The molecule has 0 aromatic carbocycles. The van der Waals surface area contributed by atoms with Gasteiger partial charge in [-0.25, -0.2) is 8.42 Å². The van der Waals surface area contributed by atoms with Crippen molar-refractivity contribution in [3.8, 4) is 0 Å². The maximum Gasteiger partial charge on any atom is 0.252 e. The molecule has 0 saturated carbocycles. The Kier molecular flexibility index (Phi) is 5.33. The van der Waals surface area contributed by atoms with E-state index in [0.717, 1.165) is 25.9 Å². The fraction of sp³-hybridized carbons (Fsp3) is 0.600.